The van der Waals surface area contributed by atoms with Crippen LogP contribution >= 0.6 is 0 Å². The van der Waals surface area contributed by atoms with Gasteiger partial charge in [-0.1, -0.05) is 0 Å². The van der Waals surface area contributed by atoms with Crippen molar-refractivity contribution in [1.29, 1.82) is 0 Å². The van der Waals surface area contributed by atoms with E-state index in [-0.39, 0.29) is 18.3 Å². The predicted octanol–water partition coefficient (Wildman–Crippen LogP) is 1.85. The minimum absolute atomic E-state index is 0.204. The molecule has 0 radical (unpaired) electrons. The first-order chi connectivity index (χ1) is 8.10. The second kappa shape index (κ2) is 4.48. The van der Waals surface area contributed by atoms with Gasteiger partial charge in [0.25, 0.3) is 5.69 Å². The molecule has 1 aliphatic rings. The molecule has 0 aliphatic heterocycles. The molecule has 0 aromatic heterocycles. The maximum absolute atomic E-state index is 13.1. The number of benzene rings is 1. The van der Waals surface area contributed by atoms with Crippen LogP contribution in [0.2, 0.25) is 0 Å². The zero-order valence-corrected chi connectivity index (χ0v) is 9.01. The van der Waals surface area contributed by atoms with E-state index in [1.807, 2.05) is 0 Å². The smallest absolute Gasteiger partial charge is 0.272 e. The molecule has 17 heavy (non-hydrogen) atoms. The molecule has 0 saturated heterocycles. The van der Waals surface area contributed by atoms with Crippen LogP contribution in [0.25, 0.3) is 0 Å². The van der Waals surface area contributed by atoms with Crippen LogP contribution in [0.5, 0.6) is 0 Å². The zero-order valence-electron chi connectivity index (χ0n) is 9.01. The Morgan fingerprint density at radius 2 is 2.18 bits per heavy atom. The third kappa shape index (κ3) is 2.77. The van der Waals surface area contributed by atoms with Crippen LogP contribution in [0, 0.1) is 15.9 Å². The van der Waals surface area contributed by atoms with Crippen molar-refractivity contribution in [1.82, 2.24) is 4.90 Å². The van der Waals surface area contributed by atoms with E-state index in [9.17, 15) is 19.3 Å². The molecule has 0 unspecified atom stereocenters. The Balaban J connectivity index is 2.19. The maximum Gasteiger partial charge on any atom is 0.272 e. The SMILES string of the molecule is O=CN(Cc1cc(F)cc([N+](=O)[O-])c1)C1CC1. The molecule has 2 rings (SSSR count). The lowest BCUT2D eigenvalue weighted by molar-refractivity contribution is -0.385. The summed E-state index contributed by atoms with van der Waals surface area (Å²) in [5, 5.41) is 10.6. The molecular weight excluding hydrogens is 227 g/mol. The lowest BCUT2D eigenvalue weighted by atomic mass is 10.2. The van der Waals surface area contributed by atoms with E-state index >= 15 is 0 Å². The second-order valence-electron chi connectivity index (χ2n) is 4.08. The highest BCUT2D eigenvalue weighted by atomic mass is 19.1. The normalized spacial score (nSPS) is 14.4. The van der Waals surface area contributed by atoms with Gasteiger partial charge in [-0.15, -0.1) is 0 Å². The molecule has 0 spiro atoms. The Morgan fingerprint density at radius 1 is 1.47 bits per heavy atom. The Labute approximate surface area is 97.0 Å². The van der Waals surface area contributed by atoms with E-state index in [1.165, 1.54) is 12.1 Å². The van der Waals surface area contributed by atoms with Gasteiger partial charge in [0.2, 0.25) is 6.41 Å². The van der Waals surface area contributed by atoms with Crippen molar-refractivity contribution in [3.05, 3.63) is 39.7 Å². The van der Waals surface area contributed by atoms with Gasteiger partial charge in [-0.2, -0.15) is 0 Å². The van der Waals surface area contributed by atoms with Crippen LogP contribution in [0.1, 0.15) is 18.4 Å². The molecular formula is C11H11FN2O3. The molecule has 0 atom stereocenters. The van der Waals surface area contributed by atoms with Gasteiger partial charge in [0.05, 0.1) is 11.0 Å². The van der Waals surface area contributed by atoms with Crippen molar-refractivity contribution in [3.8, 4) is 0 Å². The van der Waals surface area contributed by atoms with Gasteiger partial charge in [0.1, 0.15) is 5.82 Å². The Kier molecular flexibility index (Phi) is 3.03. The Bertz CT molecular complexity index is 460. The summed E-state index contributed by atoms with van der Waals surface area (Å²) in [5.41, 5.74) is 0.150. The summed E-state index contributed by atoms with van der Waals surface area (Å²) in [5.74, 6) is -0.657. The van der Waals surface area contributed by atoms with Crippen LogP contribution in [0.15, 0.2) is 18.2 Å². The molecule has 0 N–H and O–H groups in total. The van der Waals surface area contributed by atoms with Crippen molar-refractivity contribution >= 4 is 12.1 Å². The molecule has 0 heterocycles. The number of carbonyl (C=O) groups is 1. The average molecular weight is 238 g/mol. The molecule has 1 aromatic carbocycles. The number of nitrogens with zero attached hydrogens (tertiary/aromatic N) is 2. The number of nitro groups is 1. The maximum atomic E-state index is 13.1. The number of nitro benzene ring substituents is 1. The topological polar surface area (TPSA) is 63.5 Å². The van der Waals surface area contributed by atoms with Crippen LogP contribution in [-0.2, 0) is 11.3 Å². The number of hydrogen-bond donors (Lipinski definition) is 0. The summed E-state index contributed by atoms with van der Waals surface area (Å²) in [6.45, 7) is 0.215. The van der Waals surface area contributed by atoms with Crippen LogP contribution < -0.4 is 0 Å². The molecule has 0 bridgehead atoms. The fraction of sp³-hybridized carbons (Fsp3) is 0.364. The van der Waals surface area contributed by atoms with E-state index < -0.39 is 10.7 Å². The summed E-state index contributed by atoms with van der Waals surface area (Å²) in [6.07, 6.45) is 2.58. The first-order valence-corrected chi connectivity index (χ1v) is 5.25. The van der Waals surface area contributed by atoms with Gasteiger partial charge >= 0.3 is 0 Å². The average Bonchev–Trinajstić information content (AvgIpc) is 3.09. The van der Waals surface area contributed by atoms with E-state index in [1.54, 1.807) is 4.90 Å². The molecule has 1 amide bonds. The lowest BCUT2D eigenvalue weighted by Crippen LogP contribution is -2.23. The van der Waals surface area contributed by atoms with Gasteiger partial charge in [-0.05, 0) is 24.5 Å². The quantitative estimate of drug-likeness (QED) is 0.446. The zero-order chi connectivity index (χ0) is 12.4. The van der Waals surface area contributed by atoms with Crippen LogP contribution in [-0.4, -0.2) is 22.3 Å². The monoisotopic (exact) mass is 238 g/mol. The van der Waals surface area contributed by atoms with E-state index in [0.29, 0.717) is 12.0 Å². The largest absolute Gasteiger partial charge is 0.338 e. The van der Waals surface area contributed by atoms with Crippen molar-refractivity contribution in [2.75, 3.05) is 0 Å². The molecule has 6 heteroatoms. The highest BCUT2D eigenvalue weighted by molar-refractivity contribution is 5.49. The van der Waals surface area contributed by atoms with Gasteiger partial charge in [-0.25, -0.2) is 4.39 Å². The summed E-state index contributed by atoms with van der Waals surface area (Å²) < 4.78 is 13.1. The fourth-order valence-corrected chi connectivity index (χ4v) is 1.70. The Morgan fingerprint density at radius 3 is 2.71 bits per heavy atom. The number of halogens is 1. The predicted molar refractivity (Wildman–Crippen MR) is 57.7 cm³/mol. The second-order valence-corrected chi connectivity index (χ2v) is 4.08. The number of hydrogen-bond acceptors (Lipinski definition) is 3. The summed E-state index contributed by atoms with van der Waals surface area (Å²) >= 11 is 0. The third-order valence-electron chi connectivity index (χ3n) is 2.67. The standard InChI is InChI=1S/C11H11FN2O3/c12-9-3-8(4-11(5-9)14(16)17)6-13(7-15)10-1-2-10/h3-5,7,10H,1-2,6H2. The van der Waals surface area contributed by atoms with Gasteiger partial charge in [0, 0.05) is 18.7 Å². The van der Waals surface area contributed by atoms with E-state index in [4.69, 9.17) is 0 Å². The third-order valence-corrected chi connectivity index (χ3v) is 2.67. The molecule has 1 saturated carbocycles. The highest BCUT2D eigenvalue weighted by Gasteiger charge is 2.28. The molecule has 5 nitrogen and oxygen atoms in total. The number of rotatable bonds is 5. The summed E-state index contributed by atoms with van der Waals surface area (Å²) in [4.78, 5) is 22.3. The fourth-order valence-electron chi connectivity index (χ4n) is 1.70. The van der Waals surface area contributed by atoms with Gasteiger partial charge in [-0.3, -0.25) is 14.9 Å². The first kappa shape index (κ1) is 11.5. The first-order valence-electron chi connectivity index (χ1n) is 5.25. The summed E-state index contributed by atoms with van der Waals surface area (Å²) in [6, 6.07) is 3.58. The van der Waals surface area contributed by atoms with Crippen molar-refractivity contribution in [3.63, 3.8) is 0 Å². The molecule has 90 valence electrons. The Hall–Kier alpha value is -1.98. The lowest BCUT2D eigenvalue weighted by Gasteiger charge is -2.16. The molecule has 1 aliphatic carbocycles. The van der Waals surface area contributed by atoms with Crippen molar-refractivity contribution < 1.29 is 14.1 Å². The van der Waals surface area contributed by atoms with Crippen LogP contribution in [0.3, 0.4) is 0 Å². The van der Waals surface area contributed by atoms with Crippen molar-refractivity contribution in [2.45, 2.75) is 25.4 Å². The number of carbonyl (C=O) groups excluding carboxylic acids is 1. The minimum atomic E-state index is -0.657. The van der Waals surface area contributed by atoms with Crippen LogP contribution in [0.4, 0.5) is 10.1 Å². The number of non-ortho nitro benzene ring substituents is 1. The molecule has 1 aromatic rings. The summed E-state index contributed by atoms with van der Waals surface area (Å²) in [7, 11) is 0. The van der Waals surface area contributed by atoms with Crippen molar-refractivity contribution in [2.24, 2.45) is 0 Å². The minimum Gasteiger partial charge on any atom is -0.338 e. The van der Waals surface area contributed by atoms with E-state index in [0.717, 1.165) is 18.9 Å². The van der Waals surface area contributed by atoms with Gasteiger partial charge in [0.15, 0.2) is 0 Å². The van der Waals surface area contributed by atoms with E-state index in [2.05, 4.69) is 0 Å². The number of amides is 1. The molecule has 1 fully saturated rings. The highest BCUT2D eigenvalue weighted by Crippen LogP contribution is 2.27. The van der Waals surface area contributed by atoms with Gasteiger partial charge < -0.3 is 4.90 Å².